The molecule has 110 valence electrons. The van der Waals surface area contributed by atoms with Crippen LogP contribution in [0.2, 0.25) is 0 Å². The van der Waals surface area contributed by atoms with E-state index in [0.717, 1.165) is 17.5 Å². The van der Waals surface area contributed by atoms with Crippen molar-refractivity contribution in [2.75, 3.05) is 5.75 Å². The van der Waals surface area contributed by atoms with Crippen LogP contribution in [0.5, 0.6) is 0 Å². The molecule has 0 spiro atoms. The summed E-state index contributed by atoms with van der Waals surface area (Å²) in [5, 5.41) is 9.37. The fourth-order valence-electron chi connectivity index (χ4n) is 1.68. The highest BCUT2D eigenvalue weighted by atomic mass is 32.2. The molecule has 1 heterocycles. The van der Waals surface area contributed by atoms with E-state index < -0.39 is 5.97 Å². The molecular formula is C15H15FN2O2S. The van der Waals surface area contributed by atoms with Gasteiger partial charge in [0.25, 0.3) is 0 Å². The molecule has 1 aromatic heterocycles. The number of hydrogen-bond donors (Lipinski definition) is 1. The number of thioether (sulfide) groups is 1. The average molecular weight is 306 g/mol. The Hall–Kier alpha value is -1.95. The molecule has 0 saturated carbocycles. The van der Waals surface area contributed by atoms with Crippen molar-refractivity contribution >= 4 is 17.7 Å². The summed E-state index contributed by atoms with van der Waals surface area (Å²) in [5.41, 5.74) is 1.54. The van der Waals surface area contributed by atoms with Crippen LogP contribution < -0.4 is 0 Å². The smallest absolute Gasteiger partial charge is 0.313 e. The third kappa shape index (κ3) is 4.26. The molecule has 0 radical (unpaired) electrons. The second-order valence-corrected chi connectivity index (χ2v) is 5.79. The lowest BCUT2D eigenvalue weighted by Gasteiger charge is -2.10. The molecular weight excluding hydrogens is 291 g/mol. The number of rotatable bonds is 5. The van der Waals surface area contributed by atoms with Crippen LogP contribution >= 0.6 is 11.8 Å². The Balaban J connectivity index is 2.39. The maximum Gasteiger partial charge on any atom is 0.313 e. The molecule has 6 heteroatoms. The Labute approximate surface area is 126 Å². The van der Waals surface area contributed by atoms with Gasteiger partial charge in [-0.2, -0.15) is 0 Å². The lowest BCUT2D eigenvalue weighted by molar-refractivity contribution is -0.133. The zero-order chi connectivity index (χ0) is 15.4. The van der Waals surface area contributed by atoms with Crippen molar-refractivity contribution in [3.63, 3.8) is 0 Å². The van der Waals surface area contributed by atoms with Gasteiger partial charge in [-0.15, -0.1) is 0 Å². The first-order valence-corrected chi connectivity index (χ1v) is 7.44. The first-order chi connectivity index (χ1) is 9.95. The fraction of sp³-hybridized carbons (Fsp3) is 0.267. The first-order valence-electron chi connectivity index (χ1n) is 6.45. The third-order valence-electron chi connectivity index (χ3n) is 2.76. The van der Waals surface area contributed by atoms with Crippen molar-refractivity contribution in [3.8, 4) is 11.4 Å². The van der Waals surface area contributed by atoms with Crippen LogP contribution in [0.15, 0.2) is 35.4 Å². The molecule has 21 heavy (non-hydrogen) atoms. The molecule has 0 atom stereocenters. The highest BCUT2D eigenvalue weighted by molar-refractivity contribution is 7.99. The molecule has 0 bridgehead atoms. The summed E-state index contributed by atoms with van der Waals surface area (Å²) in [6, 6.07) is 7.72. The largest absolute Gasteiger partial charge is 0.481 e. The molecule has 0 aliphatic rings. The minimum atomic E-state index is -0.895. The predicted molar refractivity (Wildman–Crippen MR) is 79.9 cm³/mol. The van der Waals surface area contributed by atoms with Gasteiger partial charge in [0.1, 0.15) is 10.8 Å². The zero-order valence-corrected chi connectivity index (χ0v) is 12.5. The Morgan fingerprint density at radius 2 is 1.95 bits per heavy atom. The summed E-state index contributed by atoms with van der Waals surface area (Å²) in [7, 11) is 0. The quantitative estimate of drug-likeness (QED) is 0.675. The number of carboxylic acid groups (broad SMARTS) is 1. The van der Waals surface area contributed by atoms with Crippen LogP contribution in [0.25, 0.3) is 11.4 Å². The fourth-order valence-corrected chi connectivity index (χ4v) is 2.30. The third-order valence-corrected chi connectivity index (χ3v) is 3.66. The summed E-state index contributed by atoms with van der Waals surface area (Å²) < 4.78 is 13.0. The Morgan fingerprint density at radius 3 is 2.52 bits per heavy atom. The molecule has 0 unspecified atom stereocenters. The van der Waals surface area contributed by atoms with Crippen molar-refractivity contribution in [3.05, 3.63) is 41.8 Å². The SMILES string of the molecule is CC(C)c1cc(SCC(=O)O)nc(-c2ccc(F)cc2)n1. The van der Waals surface area contributed by atoms with Crippen LogP contribution in [-0.2, 0) is 4.79 Å². The summed E-state index contributed by atoms with van der Waals surface area (Å²) in [6.45, 7) is 4.00. The number of benzene rings is 1. The second-order valence-electron chi connectivity index (χ2n) is 4.80. The van der Waals surface area contributed by atoms with Crippen molar-refractivity contribution in [1.29, 1.82) is 0 Å². The molecule has 0 fully saturated rings. The van der Waals surface area contributed by atoms with Gasteiger partial charge >= 0.3 is 5.97 Å². The first kappa shape index (κ1) is 15.4. The number of nitrogens with zero attached hydrogens (tertiary/aromatic N) is 2. The summed E-state index contributed by atoms with van der Waals surface area (Å²) >= 11 is 1.15. The number of hydrogen-bond acceptors (Lipinski definition) is 4. The molecule has 2 aromatic rings. The average Bonchev–Trinajstić information content (AvgIpc) is 2.45. The summed E-state index contributed by atoms with van der Waals surface area (Å²) in [6.07, 6.45) is 0. The summed E-state index contributed by atoms with van der Waals surface area (Å²) in [4.78, 5) is 19.5. The van der Waals surface area contributed by atoms with Crippen LogP contribution in [0, 0.1) is 5.82 Å². The van der Waals surface area contributed by atoms with Gasteiger partial charge in [-0.25, -0.2) is 14.4 Å². The minimum Gasteiger partial charge on any atom is -0.481 e. The molecule has 0 aliphatic heterocycles. The Bertz CT molecular complexity index is 645. The molecule has 0 aliphatic carbocycles. The summed E-state index contributed by atoms with van der Waals surface area (Å²) in [5.74, 6) is -0.602. The Morgan fingerprint density at radius 1 is 1.29 bits per heavy atom. The highest BCUT2D eigenvalue weighted by Gasteiger charge is 2.11. The normalized spacial score (nSPS) is 10.9. The molecule has 2 rings (SSSR count). The zero-order valence-electron chi connectivity index (χ0n) is 11.7. The number of carbonyl (C=O) groups is 1. The Kier molecular flexibility index (Phi) is 4.90. The van der Waals surface area contributed by atoms with Gasteiger partial charge < -0.3 is 5.11 Å². The van der Waals surface area contributed by atoms with Gasteiger partial charge in [0.15, 0.2) is 5.82 Å². The van der Waals surface area contributed by atoms with Crippen molar-refractivity contribution in [2.24, 2.45) is 0 Å². The number of aromatic nitrogens is 2. The van der Waals surface area contributed by atoms with E-state index >= 15 is 0 Å². The number of carboxylic acids is 1. The maximum atomic E-state index is 13.0. The minimum absolute atomic E-state index is 0.0581. The molecule has 0 saturated heterocycles. The molecule has 1 N–H and O–H groups in total. The van der Waals surface area contributed by atoms with E-state index in [1.54, 1.807) is 18.2 Å². The van der Waals surface area contributed by atoms with Crippen molar-refractivity contribution in [2.45, 2.75) is 24.8 Å². The van der Waals surface area contributed by atoms with Gasteiger partial charge in [-0.05, 0) is 36.2 Å². The predicted octanol–water partition coefficient (Wildman–Crippen LogP) is 3.58. The standard InChI is InChI=1S/C15H15FN2O2S/c1-9(2)12-7-13(21-8-14(19)20)18-15(17-12)10-3-5-11(16)6-4-10/h3-7,9H,8H2,1-2H3,(H,19,20). The van der Waals surface area contributed by atoms with E-state index in [0.29, 0.717) is 16.4 Å². The second kappa shape index (κ2) is 6.67. The lowest BCUT2D eigenvalue weighted by Crippen LogP contribution is -2.02. The van der Waals surface area contributed by atoms with Crippen molar-refractivity contribution in [1.82, 2.24) is 9.97 Å². The number of halogens is 1. The highest BCUT2D eigenvalue weighted by Crippen LogP contribution is 2.24. The van der Waals surface area contributed by atoms with Crippen molar-refractivity contribution < 1.29 is 14.3 Å². The van der Waals surface area contributed by atoms with Crippen LogP contribution in [0.3, 0.4) is 0 Å². The molecule has 4 nitrogen and oxygen atoms in total. The van der Waals surface area contributed by atoms with E-state index in [1.807, 2.05) is 13.8 Å². The molecule has 0 amide bonds. The van der Waals surface area contributed by atoms with E-state index in [2.05, 4.69) is 9.97 Å². The topological polar surface area (TPSA) is 63.1 Å². The van der Waals surface area contributed by atoms with Gasteiger partial charge in [-0.1, -0.05) is 25.6 Å². The van der Waals surface area contributed by atoms with Crippen LogP contribution in [0.4, 0.5) is 4.39 Å². The van der Waals surface area contributed by atoms with E-state index in [4.69, 9.17) is 5.11 Å². The van der Waals surface area contributed by atoms with Gasteiger partial charge in [0, 0.05) is 11.3 Å². The number of aliphatic carboxylic acids is 1. The molecule has 1 aromatic carbocycles. The van der Waals surface area contributed by atoms with Gasteiger partial charge in [-0.3, -0.25) is 4.79 Å². The maximum absolute atomic E-state index is 13.0. The van der Waals surface area contributed by atoms with Gasteiger partial charge in [0.2, 0.25) is 0 Å². The van der Waals surface area contributed by atoms with E-state index in [-0.39, 0.29) is 17.5 Å². The van der Waals surface area contributed by atoms with E-state index in [9.17, 15) is 9.18 Å². The van der Waals surface area contributed by atoms with E-state index in [1.165, 1.54) is 12.1 Å². The van der Waals surface area contributed by atoms with Crippen LogP contribution in [0.1, 0.15) is 25.5 Å². The lowest BCUT2D eigenvalue weighted by atomic mass is 10.1. The van der Waals surface area contributed by atoms with Gasteiger partial charge in [0.05, 0.1) is 5.75 Å². The van der Waals surface area contributed by atoms with Crippen LogP contribution in [-0.4, -0.2) is 26.8 Å². The monoisotopic (exact) mass is 306 g/mol.